The van der Waals surface area contributed by atoms with Gasteiger partial charge in [0.15, 0.2) is 0 Å². The molecule has 1 rings (SSSR count). The molecule has 0 radical (unpaired) electrons. The molecule has 0 heterocycles. The molecular weight excluding hydrogens is 188 g/mol. The van der Waals surface area contributed by atoms with Crippen LogP contribution in [0.5, 0.6) is 5.75 Å². The minimum Gasteiger partial charge on any atom is -0.496 e. The first kappa shape index (κ1) is 12.2. The molecule has 74 valence electrons. The Bertz CT molecular complexity index is 255. The third kappa shape index (κ3) is 2.88. The van der Waals surface area contributed by atoms with Gasteiger partial charge in [-0.05, 0) is 6.07 Å². The van der Waals surface area contributed by atoms with Gasteiger partial charge in [0.2, 0.25) is 0 Å². The highest BCUT2D eigenvalue weighted by Gasteiger charge is 2.08. The van der Waals surface area contributed by atoms with Gasteiger partial charge in [0.1, 0.15) is 5.75 Å². The summed E-state index contributed by atoms with van der Waals surface area (Å²) in [4.78, 5) is 0. The summed E-state index contributed by atoms with van der Waals surface area (Å²) in [6.45, 7) is 0.431. The fourth-order valence-electron chi connectivity index (χ4n) is 1.10. The lowest BCUT2D eigenvalue weighted by Crippen LogP contribution is -2.21. The molecule has 0 saturated carbocycles. The van der Waals surface area contributed by atoms with E-state index in [-0.39, 0.29) is 18.4 Å². The van der Waals surface area contributed by atoms with Crippen LogP contribution in [0, 0.1) is 0 Å². The number of hydrogen-bond donors (Lipinski definition) is 2. The van der Waals surface area contributed by atoms with E-state index in [2.05, 4.69) is 0 Å². The zero-order chi connectivity index (χ0) is 8.97. The predicted molar refractivity (Wildman–Crippen MR) is 56.2 cm³/mol. The van der Waals surface area contributed by atoms with Crippen molar-refractivity contribution in [3.8, 4) is 5.75 Å². The van der Waals surface area contributed by atoms with E-state index in [0.29, 0.717) is 6.54 Å². The lowest BCUT2D eigenvalue weighted by atomic mass is 10.1. The largest absolute Gasteiger partial charge is 0.496 e. The third-order valence-corrected chi connectivity index (χ3v) is 1.79. The zero-order valence-corrected chi connectivity index (χ0v) is 8.38. The highest BCUT2D eigenvalue weighted by Crippen LogP contribution is 2.21. The molecule has 0 spiro atoms. The van der Waals surface area contributed by atoms with Crippen molar-refractivity contribution in [3.63, 3.8) is 0 Å². The first-order chi connectivity index (χ1) is 5.79. The molecule has 0 fully saturated rings. The Balaban J connectivity index is 0.00000144. The van der Waals surface area contributed by atoms with E-state index in [9.17, 15) is 0 Å². The van der Waals surface area contributed by atoms with Crippen LogP contribution in [0.1, 0.15) is 11.6 Å². The van der Waals surface area contributed by atoms with Crippen molar-refractivity contribution in [2.24, 2.45) is 11.5 Å². The molecule has 0 unspecified atom stereocenters. The van der Waals surface area contributed by atoms with Crippen molar-refractivity contribution >= 4 is 12.4 Å². The van der Waals surface area contributed by atoms with Crippen molar-refractivity contribution in [2.45, 2.75) is 6.04 Å². The molecule has 0 amide bonds. The fraction of sp³-hybridized carbons (Fsp3) is 0.333. The van der Waals surface area contributed by atoms with Crippen LogP contribution >= 0.6 is 12.4 Å². The van der Waals surface area contributed by atoms with Crippen molar-refractivity contribution in [3.05, 3.63) is 29.8 Å². The van der Waals surface area contributed by atoms with Crippen molar-refractivity contribution in [2.75, 3.05) is 13.7 Å². The maximum absolute atomic E-state index is 5.77. The molecule has 0 saturated heterocycles. The van der Waals surface area contributed by atoms with Gasteiger partial charge in [-0.1, -0.05) is 18.2 Å². The van der Waals surface area contributed by atoms with E-state index in [4.69, 9.17) is 16.2 Å². The summed E-state index contributed by atoms with van der Waals surface area (Å²) in [5.74, 6) is 0.801. The maximum Gasteiger partial charge on any atom is 0.123 e. The molecule has 3 nitrogen and oxygen atoms in total. The lowest BCUT2D eigenvalue weighted by molar-refractivity contribution is 0.406. The van der Waals surface area contributed by atoms with Crippen LogP contribution in [-0.2, 0) is 0 Å². The van der Waals surface area contributed by atoms with Crippen molar-refractivity contribution in [1.82, 2.24) is 0 Å². The molecule has 0 aromatic heterocycles. The molecule has 1 aromatic rings. The van der Waals surface area contributed by atoms with Gasteiger partial charge in [0.05, 0.1) is 7.11 Å². The Morgan fingerprint density at radius 3 is 2.54 bits per heavy atom. The quantitative estimate of drug-likeness (QED) is 0.771. The summed E-state index contributed by atoms with van der Waals surface area (Å²) < 4.78 is 5.13. The number of hydrogen-bond acceptors (Lipinski definition) is 3. The first-order valence-corrected chi connectivity index (χ1v) is 3.88. The number of methoxy groups -OCH3 is 1. The lowest BCUT2D eigenvalue weighted by Gasteiger charge is -2.12. The van der Waals surface area contributed by atoms with Crippen molar-refractivity contribution < 1.29 is 4.74 Å². The van der Waals surface area contributed by atoms with Crippen molar-refractivity contribution in [1.29, 1.82) is 0 Å². The summed E-state index contributed by atoms with van der Waals surface area (Å²) in [5.41, 5.74) is 12.2. The van der Waals surface area contributed by atoms with Crippen LogP contribution < -0.4 is 16.2 Å². The number of ether oxygens (including phenoxy) is 1. The third-order valence-electron chi connectivity index (χ3n) is 1.79. The number of para-hydroxylation sites is 1. The standard InChI is InChI=1S/C9H14N2O.ClH/c1-12-9-5-3-2-4-7(9)8(11)6-10;/h2-5,8H,6,10-11H2,1H3;1H/t8-;/m1./s1. The molecule has 1 atom stereocenters. The van der Waals surface area contributed by atoms with Crippen LogP contribution in [-0.4, -0.2) is 13.7 Å². The number of rotatable bonds is 3. The molecule has 0 aliphatic rings. The van der Waals surface area contributed by atoms with E-state index in [1.807, 2.05) is 24.3 Å². The second kappa shape index (κ2) is 5.80. The van der Waals surface area contributed by atoms with E-state index in [0.717, 1.165) is 11.3 Å². The summed E-state index contributed by atoms with van der Waals surface area (Å²) in [6, 6.07) is 7.50. The van der Waals surface area contributed by atoms with E-state index in [1.165, 1.54) is 0 Å². The first-order valence-electron chi connectivity index (χ1n) is 3.88. The van der Waals surface area contributed by atoms with Gasteiger partial charge in [0, 0.05) is 18.2 Å². The maximum atomic E-state index is 5.77. The van der Waals surface area contributed by atoms with Gasteiger partial charge < -0.3 is 16.2 Å². The molecule has 4 heteroatoms. The Kier molecular flexibility index (Phi) is 5.46. The minimum atomic E-state index is -0.138. The second-order valence-corrected chi connectivity index (χ2v) is 2.58. The molecule has 0 bridgehead atoms. The van der Waals surface area contributed by atoms with Gasteiger partial charge in [-0.25, -0.2) is 0 Å². The van der Waals surface area contributed by atoms with Crippen LogP contribution in [0.4, 0.5) is 0 Å². The minimum absolute atomic E-state index is 0. The molecule has 4 N–H and O–H groups in total. The van der Waals surface area contributed by atoms with Gasteiger partial charge in [-0.2, -0.15) is 0 Å². The summed E-state index contributed by atoms with van der Waals surface area (Å²) >= 11 is 0. The van der Waals surface area contributed by atoms with Crippen LogP contribution in [0.2, 0.25) is 0 Å². The number of halogens is 1. The topological polar surface area (TPSA) is 61.3 Å². The molecular formula is C9H15ClN2O. The zero-order valence-electron chi connectivity index (χ0n) is 7.57. The van der Waals surface area contributed by atoms with Gasteiger partial charge >= 0.3 is 0 Å². The van der Waals surface area contributed by atoms with E-state index >= 15 is 0 Å². The Morgan fingerprint density at radius 2 is 2.00 bits per heavy atom. The molecule has 0 aliphatic carbocycles. The second-order valence-electron chi connectivity index (χ2n) is 2.58. The van der Waals surface area contributed by atoms with Gasteiger partial charge in [0.25, 0.3) is 0 Å². The van der Waals surface area contributed by atoms with Crippen LogP contribution in [0.25, 0.3) is 0 Å². The van der Waals surface area contributed by atoms with Crippen LogP contribution in [0.15, 0.2) is 24.3 Å². The molecule has 0 aliphatic heterocycles. The van der Waals surface area contributed by atoms with Gasteiger partial charge in [-0.15, -0.1) is 12.4 Å². The SMILES string of the molecule is COc1ccccc1[C@H](N)CN.Cl. The fourth-order valence-corrected chi connectivity index (χ4v) is 1.10. The molecule has 1 aromatic carbocycles. The van der Waals surface area contributed by atoms with Crippen LogP contribution in [0.3, 0.4) is 0 Å². The Labute approximate surface area is 84.5 Å². The Morgan fingerprint density at radius 1 is 1.38 bits per heavy atom. The van der Waals surface area contributed by atoms with E-state index in [1.54, 1.807) is 7.11 Å². The van der Waals surface area contributed by atoms with E-state index < -0.39 is 0 Å². The highest BCUT2D eigenvalue weighted by molar-refractivity contribution is 5.85. The normalized spacial score (nSPS) is 11.6. The van der Waals surface area contributed by atoms with Gasteiger partial charge in [-0.3, -0.25) is 0 Å². The molecule has 13 heavy (non-hydrogen) atoms. The summed E-state index contributed by atoms with van der Waals surface area (Å²) in [6.07, 6.45) is 0. The summed E-state index contributed by atoms with van der Waals surface area (Å²) in [7, 11) is 1.63. The average molecular weight is 203 g/mol. The smallest absolute Gasteiger partial charge is 0.123 e. The monoisotopic (exact) mass is 202 g/mol. The average Bonchev–Trinajstić information content (AvgIpc) is 2.16. The summed E-state index contributed by atoms with van der Waals surface area (Å²) in [5, 5.41) is 0. The number of nitrogens with two attached hydrogens (primary N) is 2. The number of benzene rings is 1. The predicted octanol–water partition coefficient (Wildman–Crippen LogP) is 1.08. The Hall–Kier alpha value is -0.770. The highest BCUT2D eigenvalue weighted by atomic mass is 35.5.